The number of aromatic nitrogens is 1. The van der Waals surface area contributed by atoms with Gasteiger partial charge in [0.2, 0.25) is 0 Å². The van der Waals surface area contributed by atoms with E-state index in [2.05, 4.69) is 37.6 Å². The third-order valence-corrected chi connectivity index (χ3v) is 5.21. The summed E-state index contributed by atoms with van der Waals surface area (Å²) in [7, 11) is 0. The van der Waals surface area contributed by atoms with E-state index in [0.717, 1.165) is 25.7 Å². The Morgan fingerprint density at radius 3 is 2.68 bits per heavy atom. The van der Waals surface area contributed by atoms with Crippen molar-refractivity contribution in [2.75, 3.05) is 0 Å². The fourth-order valence-electron chi connectivity index (χ4n) is 3.80. The minimum absolute atomic E-state index is 0.259. The number of carbonyl (C=O) groups is 1. The number of ketones is 1. The summed E-state index contributed by atoms with van der Waals surface area (Å²) >= 11 is 0. The minimum Gasteiger partial charge on any atom is -0.365 e. The maximum atomic E-state index is 12.0. The van der Waals surface area contributed by atoms with Crippen molar-refractivity contribution < 1.29 is 4.79 Å². The third-order valence-electron chi connectivity index (χ3n) is 5.21. The van der Waals surface area contributed by atoms with E-state index in [-0.39, 0.29) is 11.3 Å². The molecule has 2 rings (SSSR count). The van der Waals surface area contributed by atoms with Gasteiger partial charge in [-0.05, 0) is 68.6 Å². The van der Waals surface area contributed by atoms with E-state index < -0.39 is 0 Å². The Morgan fingerprint density at radius 1 is 1.50 bits per heavy atom. The zero-order valence-corrected chi connectivity index (χ0v) is 14.2. The molecular formula is C20H29NO. The van der Waals surface area contributed by atoms with Crippen molar-refractivity contribution in [3.05, 3.63) is 42.3 Å². The smallest absolute Gasteiger partial charge is 0.133 e. The second-order valence-corrected chi connectivity index (χ2v) is 6.76. The van der Waals surface area contributed by atoms with Crippen LogP contribution in [0.25, 0.3) is 5.57 Å². The second-order valence-electron chi connectivity index (χ2n) is 6.76. The maximum absolute atomic E-state index is 12.0. The van der Waals surface area contributed by atoms with Crippen molar-refractivity contribution in [1.29, 1.82) is 0 Å². The predicted molar refractivity (Wildman–Crippen MR) is 93.7 cm³/mol. The highest BCUT2D eigenvalue weighted by atomic mass is 16.1. The molecule has 1 aliphatic rings. The normalized spacial score (nSPS) is 18.0. The van der Waals surface area contributed by atoms with Crippen LogP contribution in [-0.4, -0.2) is 10.8 Å². The molecule has 0 saturated heterocycles. The molecule has 120 valence electrons. The average molecular weight is 299 g/mol. The van der Waals surface area contributed by atoms with Crippen LogP contribution in [-0.2, 0) is 4.79 Å². The van der Waals surface area contributed by atoms with Gasteiger partial charge in [-0.15, -0.1) is 0 Å². The lowest BCUT2D eigenvalue weighted by Crippen LogP contribution is -2.23. The number of aryl methyl sites for hydroxylation is 1. The van der Waals surface area contributed by atoms with E-state index in [0.29, 0.717) is 5.78 Å². The number of Topliss-reactive ketones (excluding diaryl/α,β-unsaturated/α-hetero) is 1. The molecule has 0 spiro atoms. The van der Waals surface area contributed by atoms with E-state index in [1.165, 1.54) is 29.7 Å². The molecule has 1 aromatic rings. The molecule has 0 unspecified atom stereocenters. The van der Waals surface area contributed by atoms with Crippen LogP contribution in [0.2, 0.25) is 0 Å². The van der Waals surface area contributed by atoms with Crippen LogP contribution in [0, 0.1) is 18.3 Å². The molecule has 2 heteroatoms. The summed E-state index contributed by atoms with van der Waals surface area (Å²) in [6, 6.07) is 2.14. The Bertz CT molecular complexity index is 560. The van der Waals surface area contributed by atoms with E-state index in [1.807, 2.05) is 12.3 Å². The van der Waals surface area contributed by atoms with Gasteiger partial charge >= 0.3 is 0 Å². The molecule has 2 nitrogen and oxygen atoms in total. The van der Waals surface area contributed by atoms with Gasteiger partial charge in [0.05, 0.1) is 0 Å². The SMILES string of the molecule is C=C/C=C(/CCC1([C@H](CCC)C(C)=O)CC1)c1cc[nH]c1C. The highest BCUT2D eigenvalue weighted by Crippen LogP contribution is 2.57. The Balaban J connectivity index is 2.10. The molecule has 1 atom stereocenters. The van der Waals surface area contributed by atoms with Gasteiger partial charge in [0.1, 0.15) is 5.78 Å². The van der Waals surface area contributed by atoms with Gasteiger partial charge in [0.25, 0.3) is 0 Å². The van der Waals surface area contributed by atoms with E-state index in [1.54, 1.807) is 6.92 Å². The molecule has 22 heavy (non-hydrogen) atoms. The molecule has 1 fully saturated rings. The number of H-pyrrole nitrogens is 1. The number of aromatic amines is 1. The highest BCUT2D eigenvalue weighted by molar-refractivity contribution is 5.79. The third kappa shape index (κ3) is 3.60. The summed E-state index contributed by atoms with van der Waals surface area (Å²) < 4.78 is 0. The van der Waals surface area contributed by atoms with E-state index in [4.69, 9.17) is 0 Å². The van der Waals surface area contributed by atoms with Crippen LogP contribution < -0.4 is 0 Å². The van der Waals surface area contributed by atoms with Crippen LogP contribution >= 0.6 is 0 Å². The van der Waals surface area contributed by atoms with Crippen molar-refractivity contribution in [1.82, 2.24) is 4.98 Å². The molecule has 0 amide bonds. The van der Waals surface area contributed by atoms with Gasteiger partial charge < -0.3 is 4.98 Å². The fraction of sp³-hybridized carbons (Fsp3) is 0.550. The second kappa shape index (κ2) is 7.13. The number of hydrogen-bond donors (Lipinski definition) is 1. The number of rotatable bonds is 9. The largest absolute Gasteiger partial charge is 0.365 e. The average Bonchev–Trinajstić information content (AvgIpc) is 3.15. The van der Waals surface area contributed by atoms with Crippen molar-refractivity contribution in [3.8, 4) is 0 Å². The van der Waals surface area contributed by atoms with Gasteiger partial charge in [0.15, 0.2) is 0 Å². The number of hydrogen-bond acceptors (Lipinski definition) is 1. The van der Waals surface area contributed by atoms with Gasteiger partial charge in [-0.2, -0.15) is 0 Å². The van der Waals surface area contributed by atoms with E-state index >= 15 is 0 Å². The molecule has 0 bridgehead atoms. The van der Waals surface area contributed by atoms with Crippen LogP contribution in [0.3, 0.4) is 0 Å². The molecule has 1 aliphatic carbocycles. The first-order valence-electron chi connectivity index (χ1n) is 8.50. The molecule has 0 radical (unpaired) electrons. The zero-order chi connectivity index (χ0) is 16.2. The highest BCUT2D eigenvalue weighted by Gasteiger charge is 2.49. The first kappa shape index (κ1) is 16.8. The summed E-state index contributed by atoms with van der Waals surface area (Å²) in [6.07, 6.45) is 12.7. The van der Waals surface area contributed by atoms with Crippen molar-refractivity contribution in [2.45, 2.75) is 59.3 Å². The van der Waals surface area contributed by atoms with Crippen molar-refractivity contribution in [3.63, 3.8) is 0 Å². The zero-order valence-electron chi connectivity index (χ0n) is 14.2. The monoisotopic (exact) mass is 299 g/mol. The molecule has 0 aromatic carbocycles. The summed E-state index contributed by atoms with van der Waals surface area (Å²) in [5, 5.41) is 0. The minimum atomic E-state index is 0.259. The first-order valence-corrected chi connectivity index (χ1v) is 8.50. The fourth-order valence-corrected chi connectivity index (χ4v) is 3.80. The Hall–Kier alpha value is -1.57. The van der Waals surface area contributed by atoms with Crippen molar-refractivity contribution >= 4 is 11.4 Å². The van der Waals surface area contributed by atoms with Crippen LogP contribution in [0.5, 0.6) is 0 Å². The van der Waals surface area contributed by atoms with Gasteiger partial charge in [-0.25, -0.2) is 0 Å². The molecule has 1 heterocycles. The number of carbonyl (C=O) groups excluding carboxylic acids is 1. The van der Waals surface area contributed by atoms with Crippen LogP contribution in [0.15, 0.2) is 31.0 Å². The van der Waals surface area contributed by atoms with E-state index in [9.17, 15) is 4.79 Å². The summed E-state index contributed by atoms with van der Waals surface area (Å²) in [5.74, 6) is 0.640. The standard InChI is InChI=1S/C20H29NO/c1-5-7-17(18-10-14-21-15(18)3)9-11-20(12-13-20)19(8-6-2)16(4)22/h5,7,10,14,19,21H,1,6,8-9,11-13H2,2-4H3/b17-7-/t19-/m1/s1. The Labute approximate surface area is 134 Å². The van der Waals surface area contributed by atoms with Gasteiger partial charge in [0, 0.05) is 17.8 Å². The summed E-state index contributed by atoms with van der Waals surface area (Å²) in [5.41, 5.74) is 4.09. The molecular weight excluding hydrogens is 270 g/mol. The Kier molecular flexibility index (Phi) is 5.44. The lowest BCUT2D eigenvalue weighted by atomic mass is 9.78. The lowest BCUT2D eigenvalue weighted by Gasteiger charge is -2.25. The van der Waals surface area contributed by atoms with Crippen LogP contribution in [0.1, 0.15) is 63.6 Å². The molecule has 1 saturated carbocycles. The lowest BCUT2D eigenvalue weighted by molar-refractivity contribution is -0.123. The van der Waals surface area contributed by atoms with Crippen LogP contribution in [0.4, 0.5) is 0 Å². The maximum Gasteiger partial charge on any atom is 0.133 e. The first-order chi connectivity index (χ1) is 10.5. The van der Waals surface area contributed by atoms with Gasteiger partial charge in [-0.3, -0.25) is 4.79 Å². The van der Waals surface area contributed by atoms with Gasteiger partial charge in [-0.1, -0.05) is 32.1 Å². The molecule has 0 aliphatic heterocycles. The summed E-state index contributed by atoms with van der Waals surface area (Å²) in [6.45, 7) is 9.91. The molecule has 1 N–H and O–H groups in total. The molecule has 1 aromatic heterocycles. The Morgan fingerprint density at radius 2 is 2.23 bits per heavy atom. The summed E-state index contributed by atoms with van der Waals surface area (Å²) in [4.78, 5) is 15.3. The van der Waals surface area contributed by atoms with Crippen molar-refractivity contribution in [2.24, 2.45) is 11.3 Å². The topological polar surface area (TPSA) is 32.9 Å². The number of nitrogens with one attached hydrogen (secondary N) is 1. The predicted octanol–water partition coefficient (Wildman–Crippen LogP) is 5.46. The number of allylic oxidation sites excluding steroid dienone is 3. The quantitative estimate of drug-likeness (QED) is 0.603.